The van der Waals surface area contributed by atoms with Crippen LogP contribution in [0.15, 0.2) is 42.5 Å². The largest absolute Gasteiger partial charge is 0.354 e. The molecule has 0 fully saturated rings. The molecule has 0 aromatic heterocycles. The number of sulfonamides is 1. The van der Waals surface area contributed by atoms with Gasteiger partial charge in [0.2, 0.25) is 21.8 Å². The highest BCUT2D eigenvalue weighted by atomic mass is 35.5. The molecule has 0 saturated heterocycles. The number of nitrogens with one attached hydrogen (secondary N) is 1. The number of carbonyl (C=O) groups excluding carboxylic acids is 2. The number of hydrogen-bond donors (Lipinski definition) is 1. The molecule has 0 aliphatic rings. The normalized spacial score (nSPS) is 12.2. The molecule has 1 N–H and O–H groups in total. The summed E-state index contributed by atoms with van der Waals surface area (Å²) in [7, 11) is -3.80. The van der Waals surface area contributed by atoms with Crippen molar-refractivity contribution in [2.24, 2.45) is 0 Å². The molecule has 0 aliphatic carbocycles. The zero-order valence-electron chi connectivity index (χ0n) is 19.8. The van der Waals surface area contributed by atoms with Crippen LogP contribution >= 0.6 is 11.6 Å². The van der Waals surface area contributed by atoms with Crippen LogP contribution in [0.2, 0.25) is 5.02 Å². The SMILES string of the molecule is CCCNC(=O)[C@H](C)N(Cc1ccc(C)cc1)C(=O)CN(c1cc(Cl)ccc1C)S(C)(=O)=O. The Bertz CT molecular complexity index is 1090. The fourth-order valence-electron chi connectivity index (χ4n) is 3.31. The van der Waals surface area contributed by atoms with Crippen LogP contribution in [0.5, 0.6) is 0 Å². The van der Waals surface area contributed by atoms with Gasteiger partial charge in [-0.1, -0.05) is 54.4 Å². The molecule has 0 unspecified atom stereocenters. The first-order valence-corrected chi connectivity index (χ1v) is 13.0. The number of amides is 2. The number of anilines is 1. The summed E-state index contributed by atoms with van der Waals surface area (Å²) in [6, 6.07) is 11.7. The highest BCUT2D eigenvalue weighted by Gasteiger charge is 2.30. The first kappa shape index (κ1) is 26.7. The van der Waals surface area contributed by atoms with Gasteiger partial charge in [-0.15, -0.1) is 0 Å². The van der Waals surface area contributed by atoms with Crippen molar-refractivity contribution in [1.29, 1.82) is 0 Å². The van der Waals surface area contributed by atoms with Crippen LogP contribution in [0, 0.1) is 13.8 Å². The number of carbonyl (C=O) groups is 2. The lowest BCUT2D eigenvalue weighted by Crippen LogP contribution is -2.51. The molecule has 33 heavy (non-hydrogen) atoms. The van der Waals surface area contributed by atoms with Gasteiger partial charge in [-0.25, -0.2) is 8.42 Å². The van der Waals surface area contributed by atoms with Crippen LogP contribution in [-0.2, 0) is 26.2 Å². The highest BCUT2D eigenvalue weighted by Crippen LogP contribution is 2.26. The molecule has 2 aromatic carbocycles. The molecule has 2 rings (SSSR count). The van der Waals surface area contributed by atoms with Crippen molar-refractivity contribution in [2.75, 3.05) is 23.7 Å². The lowest BCUT2D eigenvalue weighted by Gasteiger charge is -2.32. The minimum absolute atomic E-state index is 0.173. The average molecular weight is 494 g/mol. The fraction of sp³-hybridized carbons (Fsp3) is 0.417. The van der Waals surface area contributed by atoms with Crippen LogP contribution in [0.1, 0.15) is 37.0 Å². The molecule has 0 radical (unpaired) electrons. The first-order chi connectivity index (χ1) is 15.4. The van der Waals surface area contributed by atoms with Gasteiger partial charge in [0.05, 0.1) is 11.9 Å². The van der Waals surface area contributed by atoms with Crippen molar-refractivity contribution in [3.8, 4) is 0 Å². The second-order valence-electron chi connectivity index (χ2n) is 8.17. The van der Waals surface area contributed by atoms with E-state index in [2.05, 4.69) is 5.32 Å². The molecule has 2 aromatic rings. The van der Waals surface area contributed by atoms with Crippen molar-refractivity contribution in [3.63, 3.8) is 0 Å². The molecule has 0 spiro atoms. The van der Waals surface area contributed by atoms with E-state index in [9.17, 15) is 18.0 Å². The van der Waals surface area contributed by atoms with Gasteiger partial charge in [0.1, 0.15) is 12.6 Å². The van der Waals surface area contributed by atoms with E-state index < -0.39 is 28.5 Å². The van der Waals surface area contributed by atoms with E-state index in [4.69, 9.17) is 11.6 Å². The Morgan fingerprint density at radius 2 is 1.73 bits per heavy atom. The standard InChI is InChI=1S/C24H32ClN3O4S/c1-6-13-26-24(30)19(4)27(15-20-10-7-17(2)8-11-20)23(29)16-28(33(5,31)32)22-14-21(25)12-9-18(22)3/h7-12,14,19H,6,13,15-16H2,1-5H3,(H,26,30)/t19-/m0/s1. The van der Waals surface area contributed by atoms with Gasteiger partial charge in [0.15, 0.2) is 0 Å². The fourth-order valence-corrected chi connectivity index (χ4v) is 4.38. The van der Waals surface area contributed by atoms with Crippen LogP contribution in [0.25, 0.3) is 0 Å². The van der Waals surface area contributed by atoms with E-state index in [1.807, 2.05) is 38.1 Å². The zero-order valence-corrected chi connectivity index (χ0v) is 21.3. The molecule has 1 atom stereocenters. The predicted octanol–water partition coefficient (Wildman–Crippen LogP) is 3.67. The van der Waals surface area contributed by atoms with Crippen molar-refractivity contribution in [1.82, 2.24) is 10.2 Å². The van der Waals surface area contributed by atoms with Crippen molar-refractivity contribution < 1.29 is 18.0 Å². The van der Waals surface area contributed by atoms with Gasteiger partial charge in [0, 0.05) is 18.1 Å². The molecule has 0 heterocycles. The number of aryl methyl sites for hydroxylation is 2. The third-order valence-electron chi connectivity index (χ3n) is 5.31. The topological polar surface area (TPSA) is 86.8 Å². The Balaban J connectivity index is 2.40. The summed E-state index contributed by atoms with van der Waals surface area (Å²) in [5.74, 6) is -0.776. The number of halogens is 1. The first-order valence-electron chi connectivity index (χ1n) is 10.8. The summed E-state index contributed by atoms with van der Waals surface area (Å²) >= 11 is 6.10. The maximum Gasteiger partial charge on any atom is 0.244 e. The second-order valence-corrected chi connectivity index (χ2v) is 10.5. The average Bonchev–Trinajstić information content (AvgIpc) is 2.75. The van der Waals surface area contributed by atoms with Crippen LogP contribution in [-0.4, -0.2) is 50.5 Å². The lowest BCUT2D eigenvalue weighted by molar-refractivity contribution is -0.139. The molecular formula is C24H32ClN3O4S. The third kappa shape index (κ3) is 7.47. The number of nitrogens with zero attached hydrogens (tertiary/aromatic N) is 2. The zero-order chi connectivity index (χ0) is 24.8. The van der Waals surface area contributed by atoms with Gasteiger partial charge in [-0.05, 0) is 50.5 Å². The minimum Gasteiger partial charge on any atom is -0.354 e. The van der Waals surface area contributed by atoms with E-state index in [1.54, 1.807) is 26.0 Å². The van der Waals surface area contributed by atoms with Crippen molar-refractivity contribution in [2.45, 2.75) is 46.7 Å². The summed E-state index contributed by atoms with van der Waals surface area (Å²) in [4.78, 5) is 27.6. The Morgan fingerprint density at radius 3 is 2.30 bits per heavy atom. The van der Waals surface area contributed by atoms with Crippen molar-refractivity contribution in [3.05, 3.63) is 64.2 Å². The van der Waals surface area contributed by atoms with E-state index >= 15 is 0 Å². The molecule has 0 saturated carbocycles. The van der Waals surface area contributed by atoms with Gasteiger partial charge in [-0.2, -0.15) is 0 Å². The lowest BCUT2D eigenvalue weighted by atomic mass is 10.1. The number of benzene rings is 2. The third-order valence-corrected chi connectivity index (χ3v) is 6.67. The summed E-state index contributed by atoms with van der Waals surface area (Å²) in [6.45, 7) is 7.52. The summed E-state index contributed by atoms with van der Waals surface area (Å²) in [6.07, 6.45) is 1.81. The molecule has 7 nitrogen and oxygen atoms in total. The maximum atomic E-state index is 13.5. The molecule has 180 valence electrons. The second kappa shape index (κ2) is 11.5. The van der Waals surface area contributed by atoms with Gasteiger partial charge >= 0.3 is 0 Å². The van der Waals surface area contributed by atoms with E-state index in [0.717, 1.165) is 28.1 Å². The quantitative estimate of drug-likeness (QED) is 0.547. The maximum absolute atomic E-state index is 13.5. The summed E-state index contributed by atoms with van der Waals surface area (Å²) in [5, 5.41) is 3.17. The van der Waals surface area contributed by atoms with Crippen LogP contribution in [0.3, 0.4) is 0 Å². The van der Waals surface area contributed by atoms with Gasteiger partial charge < -0.3 is 10.2 Å². The highest BCUT2D eigenvalue weighted by molar-refractivity contribution is 7.92. The van der Waals surface area contributed by atoms with Crippen LogP contribution in [0.4, 0.5) is 5.69 Å². The molecule has 0 aliphatic heterocycles. The van der Waals surface area contributed by atoms with E-state index in [-0.39, 0.29) is 12.5 Å². The van der Waals surface area contributed by atoms with Crippen molar-refractivity contribution >= 4 is 39.1 Å². The molecule has 0 bridgehead atoms. The summed E-state index contributed by atoms with van der Waals surface area (Å²) < 4.78 is 26.3. The monoisotopic (exact) mass is 493 g/mol. The Morgan fingerprint density at radius 1 is 1.09 bits per heavy atom. The van der Waals surface area contributed by atoms with Gasteiger partial charge in [0.25, 0.3) is 0 Å². The number of hydrogen-bond acceptors (Lipinski definition) is 4. The summed E-state index contributed by atoms with van der Waals surface area (Å²) in [5.41, 5.74) is 2.91. The molecule has 2 amide bonds. The number of rotatable bonds is 10. The van der Waals surface area contributed by atoms with E-state index in [1.165, 1.54) is 11.0 Å². The minimum atomic E-state index is -3.80. The predicted molar refractivity (Wildman–Crippen MR) is 133 cm³/mol. The molecule has 9 heteroatoms. The van der Waals surface area contributed by atoms with E-state index in [0.29, 0.717) is 22.8 Å². The molecular weight excluding hydrogens is 462 g/mol. The Hall–Kier alpha value is -2.58. The van der Waals surface area contributed by atoms with Crippen LogP contribution < -0.4 is 9.62 Å². The smallest absolute Gasteiger partial charge is 0.244 e. The van der Waals surface area contributed by atoms with Gasteiger partial charge in [-0.3, -0.25) is 13.9 Å². The Labute approximate surface area is 201 Å². The Kier molecular flexibility index (Phi) is 9.31.